The first-order valence-electron chi connectivity index (χ1n) is 16.9. The molecule has 5 heteroatoms. The van der Waals surface area contributed by atoms with Crippen molar-refractivity contribution in [1.82, 2.24) is 9.97 Å². The zero-order valence-corrected chi connectivity index (χ0v) is 33.7. The van der Waals surface area contributed by atoms with Crippen molar-refractivity contribution in [1.29, 1.82) is 0 Å². The van der Waals surface area contributed by atoms with E-state index in [9.17, 15) is 0 Å². The summed E-state index contributed by atoms with van der Waals surface area (Å²) in [5, 5.41) is 4.06. The minimum absolute atomic E-state index is 0. The fourth-order valence-corrected chi connectivity index (χ4v) is 9.30. The van der Waals surface area contributed by atoms with E-state index in [0.29, 0.717) is 11.8 Å². The van der Waals surface area contributed by atoms with Gasteiger partial charge in [0.15, 0.2) is 0 Å². The van der Waals surface area contributed by atoms with Crippen molar-refractivity contribution in [3.63, 3.8) is 0 Å². The third kappa shape index (κ3) is 8.36. The quantitative estimate of drug-likeness (QED) is 0.118. The van der Waals surface area contributed by atoms with Crippen molar-refractivity contribution in [2.45, 2.75) is 59.7 Å². The summed E-state index contributed by atoms with van der Waals surface area (Å²) in [6.07, 6.45) is 5.09. The Morgan fingerprint density at radius 1 is 0.714 bits per heavy atom. The molecule has 7 aromatic rings. The van der Waals surface area contributed by atoms with Crippen LogP contribution in [0.2, 0.25) is 19.6 Å². The van der Waals surface area contributed by atoms with Crippen LogP contribution in [0.25, 0.3) is 53.8 Å². The van der Waals surface area contributed by atoms with Crippen LogP contribution in [-0.2, 0) is 26.5 Å². The van der Waals surface area contributed by atoms with E-state index in [1.54, 1.807) is 0 Å². The van der Waals surface area contributed by atoms with Gasteiger partial charge < -0.3 is 9.97 Å². The van der Waals surface area contributed by atoms with E-state index in [1.807, 2.05) is 41.8 Å². The second-order valence-electron chi connectivity index (χ2n) is 14.2. The minimum atomic E-state index is -1.34. The fraction of sp³-hybridized carbons (Fsp3) is 0.227. The maximum atomic E-state index is 4.69. The SMILES string of the molecule is CC(C)Cc1ccnc(-c2[c-]ccc3c2sc2c(-c4ccccc4)cccc23)c1.CC(C)c1cc(-c2[c-]cccc2)ncc1[Si](C)(C)C.[Ir]. The number of aromatic nitrogens is 2. The van der Waals surface area contributed by atoms with Gasteiger partial charge in [-0.05, 0) is 62.1 Å². The van der Waals surface area contributed by atoms with Gasteiger partial charge in [-0.25, -0.2) is 0 Å². The van der Waals surface area contributed by atoms with Crippen LogP contribution in [-0.4, -0.2) is 18.0 Å². The van der Waals surface area contributed by atoms with Gasteiger partial charge in [0.1, 0.15) is 0 Å². The molecule has 0 amide bonds. The summed E-state index contributed by atoms with van der Waals surface area (Å²) in [6, 6.07) is 42.9. The van der Waals surface area contributed by atoms with E-state index >= 15 is 0 Å². The molecule has 2 nitrogen and oxygen atoms in total. The Bertz CT molecular complexity index is 2150. The van der Waals surface area contributed by atoms with Gasteiger partial charge in [0, 0.05) is 37.2 Å². The normalized spacial score (nSPS) is 11.4. The number of pyridine rings is 2. The number of fused-ring (bicyclic) bond motifs is 3. The van der Waals surface area contributed by atoms with Gasteiger partial charge in [-0.2, -0.15) is 11.3 Å². The van der Waals surface area contributed by atoms with Crippen LogP contribution in [0.1, 0.15) is 44.7 Å². The summed E-state index contributed by atoms with van der Waals surface area (Å²) in [5.74, 6) is 1.16. The molecule has 4 aromatic carbocycles. The average molecular weight is 853 g/mol. The molecule has 0 unspecified atom stereocenters. The van der Waals surface area contributed by atoms with Gasteiger partial charge in [-0.1, -0.05) is 125 Å². The van der Waals surface area contributed by atoms with Crippen molar-refractivity contribution in [3.05, 3.63) is 139 Å². The maximum absolute atomic E-state index is 4.69. The van der Waals surface area contributed by atoms with Crippen molar-refractivity contribution in [2.24, 2.45) is 5.92 Å². The Morgan fingerprint density at radius 2 is 1.47 bits per heavy atom. The van der Waals surface area contributed by atoms with E-state index in [1.165, 1.54) is 47.6 Å². The molecule has 251 valence electrons. The van der Waals surface area contributed by atoms with Gasteiger partial charge in [-0.15, -0.1) is 59.7 Å². The summed E-state index contributed by atoms with van der Waals surface area (Å²) >= 11 is 1.85. The standard InChI is InChI=1S/C27H22NS.C17H22NSi.Ir/c1-18(2)16-19-14-15-28-25(17-19)24-13-7-12-23-22-11-6-10-21(26(22)29-27(23)24)20-8-4-3-5-9-20;1-13(2)15-11-16(14-9-7-6-8-10-14)18-12-17(15)19(3,4)5;/h3-12,14-15,17-18H,16H2,1-2H3;6-9,11-13H,1-5H3;/q2*-1;. The number of thiophene rings is 1. The van der Waals surface area contributed by atoms with Crippen molar-refractivity contribution in [3.8, 4) is 33.6 Å². The Balaban J connectivity index is 0.000000205. The first kappa shape index (κ1) is 36.5. The molecule has 0 atom stereocenters. The first-order valence-corrected chi connectivity index (χ1v) is 21.3. The molecule has 0 saturated heterocycles. The Labute approximate surface area is 311 Å². The van der Waals surface area contributed by atoms with Crippen LogP contribution in [0.5, 0.6) is 0 Å². The summed E-state index contributed by atoms with van der Waals surface area (Å²) < 4.78 is 2.59. The molecule has 3 aromatic heterocycles. The monoisotopic (exact) mass is 853 g/mol. The molecule has 0 spiro atoms. The number of rotatable bonds is 7. The molecule has 7 rings (SSSR count). The minimum Gasteiger partial charge on any atom is -0.305 e. The Hall–Kier alpha value is -3.73. The van der Waals surface area contributed by atoms with Gasteiger partial charge >= 0.3 is 0 Å². The second kappa shape index (κ2) is 15.9. The molecule has 0 aliphatic heterocycles. The molecule has 0 bridgehead atoms. The van der Waals surface area contributed by atoms with Crippen LogP contribution in [0, 0.1) is 18.1 Å². The van der Waals surface area contributed by atoms with E-state index in [4.69, 9.17) is 4.98 Å². The van der Waals surface area contributed by atoms with Gasteiger partial charge in [0.25, 0.3) is 0 Å². The summed E-state index contributed by atoms with van der Waals surface area (Å²) in [4.78, 5) is 9.36. The second-order valence-corrected chi connectivity index (χ2v) is 20.3. The van der Waals surface area contributed by atoms with Crippen LogP contribution >= 0.6 is 11.3 Å². The van der Waals surface area contributed by atoms with E-state index < -0.39 is 8.07 Å². The molecule has 49 heavy (non-hydrogen) atoms. The van der Waals surface area contributed by atoms with Gasteiger partial charge in [0.05, 0.1) is 8.07 Å². The van der Waals surface area contributed by atoms with Crippen molar-refractivity contribution < 1.29 is 20.1 Å². The van der Waals surface area contributed by atoms with Crippen LogP contribution in [0.4, 0.5) is 0 Å². The zero-order chi connectivity index (χ0) is 33.8. The van der Waals surface area contributed by atoms with Crippen LogP contribution < -0.4 is 5.19 Å². The van der Waals surface area contributed by atoms with Gasteiger partial charge in [0.2, 0.25) is 0 Å². The molecule has 0 fully saturated rings. The summed E-state index contributed by atoms with van der Waals surface area (Å²) in [5.41, 5.74) is 9.56. The van der Waals surface area contributed by atoms with E-state index in [-0.39, 0.29) is 20.1 Å². The fourth-order valence-electron chi connectivity index (χ4n) is 6.28. The van der Waals surface area contributed by atoms with Crippen LogP contribution in [0.15, 0.2) is 116 Å². The maximum Gasteiger partial charge on any atom is 0.0799 e. The molecule has 0 N–H and O–H groups in total. The zero-order valence-electron chi connectivity index (χ0n) is 29.5. The molecule has 1 radical (unpaired) electrons. The molecule has 0 aliphatic carbocycles. The number of benzene rings is 4. The Morgan fingerprint density at radius 3 is 2.16 bits per heavy atom. The van der Waals surface area contributed by atoms with Crippen molar-refractivity contribution in [2.75, 3.05) is 0 Å². The molecular weight excluding hydrogens is 809 g/mol. The number of hydrogen-bond donors (Lipinski definition) is 0. The average Bonchev–Trinajstić information content (AvgIpc) is 3.48. The third-order valence-corrected chi connectivity index (χ3v) is 11.9. The largest absolute Gasteiger partial charge is 0.305 e. The predicted molar refractivity (Wildman–Crippen MR) is 211 cm³/mol. The predicted octanol–water partition coefficient (Wildman–Crippen LogP) is 12.0. The summed E-state index contributed by atoms with van der Waals surface area (Å²) in [7, 11) is -1.34. The topological polar surface area (TPSA) is 25.8 Å². The van der Waals surface area contributed by atoms with Gasteiger partial charge in [-0.3, -0.25) is 0 Å². The molecule has 0 aliphatic rings. The summed E-state index contributed by atoms with van der Waals surface area (Å²) in [6.45, 7) is 16.2. The number of hydrogen-bond acceptors (Lipinski definition) is 3. The van der Waals surface area contributed by atoms with E-state index in [0.717, 1.165) is 28.9 Å². The number of nitrogens with zero attached hydrogens (tertiary/aromatic N) is 2. The van der Waals surface area contributed by atoms with Crippen molar-refractivity contribution >= 4 is 44.8 Å². The smallest absolute Gasteiger partial charge is 0.0799 e. The first-order chi connectivity index (χ1) is 23.1. The molecular formula is C44H44IrN2SSi-2. The molecule has 0 saturated carbocycles. The third-order valence-electron chi connectivity index (χ3n) is 8.62. The molecule has 3 heterocycles. The Kier molecular flexibility index (Phi) is 11.8. The van der Waals surface area contributed by atoms with Crippen LogP contribution in [0.3, 0.4) is 0 Å². The van der Waals surface area contributed by atoms with E-state index in [2.05, 4.69) is 150 Å².